The van der Waals surface area contributed by atoms with Gasteiger partial charge in [0.05, 0.1) is 7.11 Å². The largest absolute Gasteiger partial charge is 0.497 e. The van der Waals surface area contributed by atoms with Crippen LogP contribution in [0.3, 0.4) is 0 Å². The molecule has 3 rings (SSSR count). The van der Waals surface area contributed by atoms with Crippen molar-refractivity contribution in [2.24, 2.45) is 17.8 Å². The zero-order chi connectivity index (χ0) is 18.9. The van der Waals surface area contributed by atoms with E-state index >= 15 is 0 Å². The van der Waals surface area contributed by atoms with Gasteiger partial charge in [-0.3, -0.25) is 4.79 Å². The lowest BCUT2D eigenvalue weighted by atomic mass is 9.69. The molecule has 0 amide bonds. The highest BCUT2D eigenvalue weighted by Crippen LogP contribution is 2.47. The SMILES string of the molecule is C#CC(C)C1C[C@]2([C@@H](C)Cc3ccc(OC)cc3F)OCOC2=CC1=O. The molecule has 1 fully saturated rings. The van der Waals surface area contributed by atoms with Crippen LogP contribution in [0.5, 0.6) is 5.75 Å². The molecule has 0 radical (unpaired) electrons. The van der Waals surface area contributed by atoms with E-state index in [-0.39, 0.29) is 36.1 Å². The molecule has 26 heavy (non-hydrogen) atoms. The van der Waals surface area contributed by atoms with Crippen LogP contribution in [-0.2, 0) is 20.7 Å². The Balaban J connectivity index is 1.89. The average Bonchev–Trinajstić information content (AvgIpc) is 3.05. The van der Waals surface area contributed by atoms with Crippen molar-refractivity contribution in [3.63, 3.8) is 0 Å². The van der Waals surface area contributed by atoms with Gasteiger partial charge in [0.25, 0.3) is 0 Å². The highest BCUT2D eigenvalue weighted by atomic mass is 19.1. The summed E-state index contributed by atoms with van der Waals surface area (Å²) in [6, 6.07) is 4.82. The maximum absolute atomic E-state index is 14.4. The molecule has 1 aliphatic heterocycles. The summed E-state index contributed by atoms with van der Waals surface area (Å²) >= 11 is 0. The fourth-order valence-corrected chi connectivity index (χ4v) is 3.82. The molecule has 0 aromatic heterocycles. The molecule has 0 N–H and O–H groups in total. The minimum Gasteiger partial charge on any atom is -0.497 e. The first kappa shape index (κ1) is 18.5. The number of benzene rings is 1. The maximum atomic E-state index is 14.4. The van der Waals surface area contributed by atoms with Crippen LogP contribution in [-0.4, -0.2) is 25.3 Å². The summed E-state index contributed by atoms with van der Waals surface area (Å²) in [5, 5.41) is 0. The molecule has 1 aromatic rings. The third kappa shape index (κ3) is 3.10. The first-order valence-electron chi connectivity index (χ1n) is 8.72. The van der Waals surface area contributed by atoms with Gasteiger partial charge >= 0.3 is 0 Å². The van der Waals surface area contributed by atoms with Crippen LogP contribution in [0.15, 0.2) is 30.0 Å². The normalized spacial score (nSPS) is 27.0. The third-order valence-corrected chi connectivity index (χ3v) is 5.56. The van der Waals surface area contributed by atoms with E-state index in [1.54, 1.807) is 12.1 Å². The van der Waals surface area contributed by atoms with Gasteiger partial charge in [-0.25, -0.2) is 4.39 Å². The van der Waals surface area contributed by atoms with Crippen molar-refractivity contribution in [1.82, 2.24) is 0 Å². The Morgan fingerprint density at radius 1 is 1.46 bits per heavy atom. The van der Waals surface area contributed by atoms with E-state index in [9.17, 15) is 9.18 Å². The summed E-state index contributed by atoms with van der Waals surface area (Å²) in [6.45, 7) is 3.93. The Labute approximate surface area is 153 Å². The molecule has 1 saturated heterocycles. The standard InChI is InChI=1S/C21H23FO4/c1-5-13(2)17-11-21(20(10-19(17)23)25-12-26-21)14(3)8-15-6-7-16(24-4)9-18(15)22/h1,6-7,9-10,13-14,17H,8,11-12H2,2-4H3/t13?,14-,17?,21+/m0/s1. The van der Waals surface area contributed by atoms with Crippen molar-refractivity contribution in [2.45, 2.75) is 32.3 Å². The molecule has 1 heterocycles. The second-order valence-corrected chi connectivity index (χ2v) is 7.04. The fourth-order valence-electron chi connectivity index (χ4n) is 3.82. The molecule has 1 aromatic carbocycles. The zero-order valence-electron chi connectivity index (χ0n) is 15.3. The number of hydrogen-bond acceptors (Lipinski definition) is 4. The molecule has 2 aliphatic rings. The van der Waals surface area contributed by atoms with Crippen LogP contribution in [0, 0.1) is 35.9 Å². The van der Waals surface area contributed by atoms with Crippen molar-refractivity contribution in [3.8, 4) is 18.1 Å². The number of carbonyl (C=O) groups is 1. The number of rotatable bonds is 5. The van der Waals surface area contributed by atoms with Gasteiger partial charge in [0.1, 0.15) is 22.9 Å². The summed E-state index contributed by atoms with van der Waals surface area (Å²) in [6.07, 6.45) is 7.94. The van der Waals surface area contributed by atoms with Crippen LogP contribution in [0.25, 0.3) is 0 Å². The molecular weight excluding hydrogens is 335 g/mol. The van der Waals surface area contributed by atoms with Crippen LogP contribution < -0.4 is 4.74 Å². The van der Waals surface area contributed by atoms with Crippen molar-refractivity contribution in [2.75, 3.05) is 13.9 Å². The van der Waals surface area contributed by atoms with Gasteiger partial charge in [-0.2, -0.15) is 0 Å². The Morgan fingerprint density at radius 2 is 2.23 bits per heavy atom. The summed E-state index contributed by atoms with van der Waals surface area (Å²) < 4.78 is 31.0. The van der Waals surface area contributed by atoms with E-state index < -0.39 is 5.60 Å². The summed E-state index contributed by atoms with van der Waals surface area (Å²) in [4.78, 5) is 12.4. The number of halogens is 1. The van der Waals surface area contributed by atoms with E-state index in [0.29, 0.717) is 29.9 Å². The van der Waals surface area contributed by atoms with Crippen molar-refractivity contribution in [3.05, 3.63) is 41.4 Å². The van der Waals surface area contributed by atoms with Gasteiger partial charge in [-0.05, 0) is 30.4 Å². The predicted molar refractivity (Wildman–Crippen MR) is 94.8 cm³/mol. The predicted octanol–water partition coefficient (Wildman–Crippen LogP) is 3.50. The molecule has 5 heteroatoms. The Hall–Kier alpha value is -2.32. The van der Waals surface area contributed by atoms with Gasteiger partial charge < -0.3 is 14.2 Å². The minimum absolute atomic E-state index is 0.0330. The monoisotopic (exact) mass is 358 g/mol. The van der Waals surface area contributed by atoms with E-state index in [2.05, 4.69) is 5.92 Å². The number of ether oxygens (including phenoxy) is 3. The average molecular weight is 358 g/mol. The number of fused-ring (bicyclic) bond motifs is 1. The molecule has 4 atom stereocenters. The van der Waals surface area contributed by atoms with Gasteiger partial charge in [0.15, 0.2) is 12.6 Å². The zero-order valence-corrected chi connectivity index (χ0v) is 15.3. The van der Waals surface area contributed by atoms with Gasteiger partial charge in [0.2, 0.25) is 0 Å². The second kappa shape index (κ2) is 7.13. The first-order chi connectivity index (χ1) is 12.4. The number of methoxy groups -OCH3 is 1. The number of terminal acetylenes is 1. The highest BCUT2D eigenvalue weighted by molar-refractivity contribution is 5.94. The maximum Gasteiger partial charge on any atom is 0.189 e. The molecular formula is C21H23FO4. The van der Waals surface area contributed by atoms with Crippen LogP contribution in [0.1, 0.15) is 25.8 Å². The number of allylic oxidation sites excluding steroid dienone is 1. The lowest BCUT2D eigenvalue weighted by Crippen LogP contribution is -2.46. The quantitative estimate of drug-likeness (QED) is 0.756. The smallest absolute Gasteiger partial charge is 0.189 e. The van der Waals surface area contributed by atoms with Crippen molar-refractivity contribution in [1.29, 1.82) is 0 Å². The van der Waals surface area contributed by atoms with Gasteiger partial charge in [-0.1, -0.05) is 19.9 Å². The summed E-state index contributed by atoms with van der Waals surface area (Å²) in [5.74, 6) is 2.68. The Morgan fingerprint density at radius 3 is 2.88 bits per heavy atom. The lowest BCUT2D eigenvalue weighted by Gasteiger charge is -2.39. The molecule has 4 nitrogen and oxygen atoms in total. The lowest BCUT2D eigenvalue weighted by molar-refractivity contribution is -0.124. The molecule has 0 saturated carbocycles. The topological polar surface area (TPSA) is 44.8 Å². The highest BCUT2D eigenvalue weighted by Gasteiger charge is 2.52. The third-order valence-electron chi connectivity index (χ3n) is 5.56. The number of hydrogen-bond donors (Lipinski definition) is 0. The van der Waals surface area contributed by atoms with E-state index in [4.69, 9.17) is 20.6 Å². The number of carbonyl (C=O) groups excluding carboxylic acids is 1. The van der Waals surface area contributed by atoms with E-state index in [0.717, 1.165) is 0 Å². The first-order valence-corrected chi connectivity index (χ1v) is 8.72. The van der Waals surface area contributed by atoms with Gasteiger partial charge in [-0.15, -0.1) is 12.3 Å². The molecule has 1 aliphatic carbocycles. The van der Waals surface area contributed by atoms with Crippen molar-refractivity contribution >= 4 is 5.78 Å². The van der Waals surface area contributed by atoms with Crippen LogP contribution >= 0.6 is 0 Å². The Kier molecular flexibility index (Phi) is 5.06. The molecule has 0 spiro atoms. The van der Waals surface area contributed by atoms with E-state index in [1.807, 2.05) is 13.8 Å². The van der Waals surface area contributed by atoms with E-state index in [1.165, 1.54) is 19.3 Å². The molecule has 2 unspecified atom stereocenters. The number of ketones is 1. The minimum atomic E-state index is -0.754. The van der Waals surface area contributed by atoms with Crippen molar-refractivity contribution < 1.29 is 23.4 Å². The summed E-state index contributed by atoms with van der Waals surface area (Å²) in [7, 11) is 1.50. The Bertz CT molecular complexity index is 779. The fraction of sp³-hybridized carbons (Fsp3) is 0.476. The second-order valence-electron chi connectivity index (χ2n) is 7.04. The molecule has 0 bridgehead atoms. The molecule has 138 valence electrons. The van der Waals surface area contributed by atoms with Crippen LogP contribution in [0.4, 0.5) is 4.39 Å². The van der Waals surface area contributed by atoms with Crippen LogP contribution in [0.2, 0.25) is 0 Å². The summed E-state index contributed by atoms with van der Waals surface area (Å²) in [5.41, 5.74) is -0.184. The van der Waals surface area contributed by atoms with Gasteiger partial charge in [0, 0.05) is 24.0 Å².